The Kier molecular flexibility index (Phi) is 10.6. The number of para-hydroxylation sites is 2. The SMILES string of the molecule is CN(Cc1ccccc1)C(=O)c1ccccc1NC(=O)C1CCC(C(=O)Nc2ccccc2C(=O)N(C)Cc2ccccc2)CC1. The average Bonchev–Trinajstić information content (AvgIpc) is 3.09. The maximum absolute atomic E-state index is 13.3. The first-order valence-electron chi connectivity index (χ1n) is 15.7. The fourth-order valence-electron chi connectivity index (χ4n) is 5.91. The van der Waals surface area contributed by atoms with Crippen LogP contribution in [0.15, 0.2) is 109 Å². The molecule has 1 aliphatic carbocycles. The highest BCUT2D eigenvalue weighted by atomic mass is 16.2. The molecule has 1 saturated carbocycles. The van der Waals surface area contributed by atoms with Crippen molar-refractivity contribution in [3.8, 4) is 0 Å². The van der Waals surface area contributed by atoms with Crippen molar-refractivity contribution in [1.82, 2.24) is 9.80 Å². The van der Waals surface area contributed by atoms with Crippen LogP contribution in [0.1, 0.15) is 57.5 Å². The minimum absolute atomic E-state index is 0.151. The van der Waals surface area contributed by atoms with Crippen molar-refractivity contribution in [1.29, 1.82) is 0 Å². The van der Waals surface area contributed by atoms with E-state index in [1.54, 1.807) is 72.4 Å². The van der Waals surface area contributed by atoms with Crippen molar-refractivity contribution in [2.45, 2.75) is 38.8 Å². The van der Waals surface area contributed by atoms with Gasteiger partial charge in [-0.25, -0.2) is 0 Å². The largest absolute Gasteiger partial charge is 0.337 e. The molecule has 0 aromatic heterocycles. The number of anilines is 2. The van der Waals surface area contributed by atoms with Crippen LogP contribution in [0.5, 0.6) is 0 Å². The Morgan fingerprint density at radius 2 is 0.848 bits per heavy atom. The number of carbonyl (C=O) groups is 4. The molecule has 46 heavy (non-hydrogen) atoms. The van der Waals surface area contributed by atoms with Crippen molar-refractivity contribution < 1.29 is 19.2 Å². The Morgan fingerprint density at radius 3 is 1.22 bits per heavy atom. The molecule has 0 heterocycles. The summed E-state index contributed by atoms with van der Waals surface area (Å²) >= 11 is 0. The van der Waals surface area contributed by atoms with Gasteiger partial charge in [-0.15, -0.1) is 0 Å². The molecule has 1 aliphatic rings. The molecule has 4 aromatic carbocycles. The number of nitrogens with one attached hydrogen (secondary N) is 2. The molecule has 2 N–H and O–H groups in total. The quantitative estimate of drug-likeness (QED) is 0.209. The number of carbonyl (C=O) groups excluding carboxylic acids is 4. The standard InChI is InChI=1S/C38H40N4O4/c1-41(25-27-13-5-3-6-14-27)37(45)31-17-9-11-19-33(31)39-35(43)29-21-23-30(24-22-29)36(44)40-34-20-12-10-18-32(34)38(46)42(2)26-28-15-7-4-8-16-28/h3-20,29-30H,21-26H2,1-2H3,(H,39,43)(H,40,44). The minimum atomic E-state index is -0.269. The molecular formula is C38H40N4O4. The summed E-state index contributed by atoms with van der Waals surface area (Å²) in [5, 5.41) is 5.96. The van der Waals surface area contributed by atoms with E-state index in [9.17, 15) is 19.2 Å². The lowest BCUT2D eigenvalue weighted by atomic mass is 9.81. The zero-order chi connectivity index (χ0) is 32.5. The van der Waals surface area contributed by atoms with E-state index in [2.05, 4.69) is 10.6 Å². The summed E-state index contributed by atoms with van der Waals surface area (Å²) in [6.45, 7) is 0.911. The van der Waals surface area contributed by atoms with Gasteiger partial charge in [-0.2, -0.15) is 0 Å². The van der Waals surface area contributed by atoms with Crippen LogP contribution in [0.2, 0.25) is 0 Å². The number of amides is 4. The van der Waals surface area contributed by atoms with E-state index in [0.717, 1.165) is 11.1 Å². The summed E-state index contributed by atoms with van der Waals surface area (Å²) in [6, 6.07) is 33.6. The van der Waals surface area contributed by atoms with Crippen molar-refractivity contribution in [3.63, 3.8) is 0 Å². The highest BCUT2D eigenvalue weighted by molar-refractivity contribution is 6.05. The summed E-state index contributed by atoms with van der Waals surface area (Å²) in [6.07, 6.45) is 2.20. The van der Waals surface area contributed by atoms with Gasteiger partial charge >= 0.3 is 0 Å². The van der Waals surface area contributed by atoms with Crippen molar-refractivity contribution >= 4 is 35.0 Å². The van der Waals surface area contributed by atoms with Crippen molar-refractivity contribution in [3.05, 3.63) is 131 Å². The molecule has 5 rings (SSSR count). The summed E-state index contributed by atoms with van der Waals surface area (Å²) in [7, 11) is 3.50. The van der Waals surface area contributed by atoms with Crippen LogP contribution in [0.3, 0.4) is 0 Å². The predicted molar refractivity (Wildman–Crippen MR) is 180 cm³/mol. The first-order chi connectivity index (χ1) is 22.3. The van der Waals surface area contributed by atoms with Crippen LogP contribution in [0, 0.1) is 11.8 Å². The van der Waals surface area contributed by atoms with Gasteiger partial charge in [0, 0.05) is 39.0 Å². The number of hydrogen-bond donors (Lipinski definition) is 2. The Bertz CT molecular complexity index is 1540. The molecular weight excluding hydrogens is 576 g/mol. The van der Waals surface area contributed by atoms with Crippen LogP contribution in [-0.2, 0) is 22.7 Å². The molecule has 4 amide bonds. The Morgan fingerprint density at radius 1 is 0.522 bits per heavy atom. The summed E-state index contributed by atoms with van der Waals surface area (Å²) in [5.41, 5.74) is 3.87. The first kappa shape index (κ1) is 32.2. The van der Waals surface area contributed by atoms with Crippen molar-refractivity contribution in [2.24, 2.45) is 11.8 Å². The first-order valence-corrected chi connectivity index (χ1v) is 15.7. The van der Waals surface area contributed by atoms with Gasteiger partial charge in [-0.3, -0.25) is 19.2 Å². The fraction of sp³-hybridized carbons (Fsp3) is 0.263. The lowest BCUT2D eigenvalue weighted by molar-refractivity contribution is -0.125. The van der Waals surface area contributed by atoms with Gasteiger partial charge in [0.05, 0.1) is 22.5 Å². The number of hydrogen-bond acceptors (Lipinski definition) is 4. The lowest BCUT2D eigenvalue weighted by Crippen LogP contribution is -2.33. The van der Waals surface area contributed by atoms with E-state index in [0.29, 0.717) is 61.3 Å². The fourth-order valence-corrected chi connectivity index (χ4v) is 5.91. The van der Waals surface area contributed by atoms with E-state index in [1.165, 1.54) is 0 Å². The third-order valence-electron chi connectivity index (χ3n) is 8.52. The Balaban J connectivity index is 1.15. The van der Waals surface area contributed by atoms with Gasteiger partial charge in [0.1, 0.15) is 0 Å². The predicted octanol–water partition coefficient (Wildman–Crippen LogP) is 6.61. The molecule has 8 heteroatoms. The van der Waals surface area contributed by atoms with Crippen LogP contribution >= 0.6 is 0 Å². The lowest BCUT2D eigenvalue weighted by Gasteiger charge is -2.28. The third-order valence-corrected chi connectivity index (χ3v) is 8.52. The third kappa shape index (κ3) is 8.07. The highest BCUT2D eigenvalue weighted by Gasteiger charge is 2.31. The summed E-state index contributed by atoms with van der Waals surface area (Å²) in [5.74, 6) is -1.19. The molecule has 4 aromatic rings. The number of benzene rings is 4. The average molecular weight is 617 g/mol. The second-order valence-electron chi connectivity index (χ2n) is 11.9. The molecule has 8 nitrogen and oxygen atoms in total. The van der Waals surface area contributed by atoms with Crippen LogP contribution in [0.4, 0.5) is 11.4 Å². The van der Waals surface area contributed by atoms with Crippen molar-refractivity contribution in [2.75, 3.05) is 24.7 Å². The van der Waals surface area contributed by atoms with E-state index >= 15 is 0 Å². The second kappa shape index (κ2) is 15.2. The molecule has 1 fully saturated rings. The van der Waals surface area contributed by atoms with E-state index in [4.69, 9.17) is 0 Å². The molecule has 0 unspecified atom stereocenters. The molecule has 0 bridgehead atoms. The topological polar surface area (TPSA) is 98.8 Å². The smallest absolute Gasteiger partial charge is 0.256 e. The van der Waals surface area contributed by atoms with Gasteiger partial charge in [0.2, 0.25) is 11.8 Å². The van der Waals surface area contributed by atoms with Gasteiger partial charge in [0.15, 0.2) is 0 Å². The Hall–Kier alpha value is -5.24. The molecule has 0 atom stereocenters. The maximum atomic E-state index is 13.3. The summed E-state index contributed by atoms with van der Waals surface area (Å²) < 4.78 is 0. The van der Waals surface area contributed by atoms with Gasteiger partial charge in [-0.1, -0.05) is 84.9 Å². The molecule has 0 radical (unpaired) electrons. The van der Waals surface area contributed by atoms with E-state index in [1.807, 2.05) is 60.7 Å². The minimum Gasteiger partial charge on any atom is -0.337 e. The molecule has 0 aliphatic heterocycles. The number of rotatable bonds is 10. The zero-order valence-electron chi connectivity index (χ0n) is 26.3. The van der Waals surface area contributed by atoms with Crippen LogP contribution in [0.25, 0.3) is 0 Å². The van der Waals surface area contributed by atoms with E-state index < -0.39 is 0 Å². The van der Waals surface area contributed by atoms with Gasteiger partial charge in [-0.05, 0) is 61.1 Å². The normalized spacial score (nSPS) is 15.8. The monoisotopic (exact) mass is 616 g/mol. The zero-order valence-corrected chi connectivity index (χ0v) is 26.3. The van der Waals surface area contributed by atoms with Gasteiger partial charge in [0.25, 0.3) is 11.8 Å². The van der Waals surface area contributed by atoms with Gasteiger partial charge < -0.3 is 20.4 Å². The van der Waals surface area contributed by atoms with E-state index in [-0.39, 0.29) is 35.5 Å². The summed E-state index contributed by atoms with van der Waals surface area (Å²) in [4.78, 5) is 56.5. The number of nitrogens with zero attached hydrogens (tertiary/aromatic N) is 2. The molecule has 236 valence electrons. The second-order valence-corrected chi connectivity index (χ2v) is 11.9. The van der Waals surface area contributed by atoms with Crippen LogP contribution < -0.4 is 10.6 Å². The molecule has 0 saturated heterocycles. The van der Waals surface area contributed by atoms with Crippen LogP contribution in [-0.4, -0.2) is 47.5 Å². The highest BCUT2D eigenvalue weighted by Crippen LogP contribution is 2.32. The molecule has 0 spiro atoms. The Labute approximate surface area is 270 Å². The maximum Gasteiger partial charge on any atom is 0.256 e.